The van der Waals surface area contributed by atoms with Gasteiger partial charge < -0.3 is 24.7 Å². The van der Waals surface area contributed by atoms with Crippen LogP contribution in [0.1, 0.15) is 33.6 Å². The number of hydrogen-bond donors (Lipinski definition) is 0. The first-order valence-electron chi connectivity index (χ1n) is 10.3. The van der Waals surface area contributed by atoms with Crippen LogP contribution in [0.4, 0.5) is 16.3 Å². The minimum absolute atomic E-state index is 0.117. The lowest BCUT2D eigenvalue weighted by Gasteiger charge is -2.39. The molecule has 1 amide bonds. The van der Waals surface area contributed by atoms with Gasteiger partial charge in [0.1, 0.15) is 5.60 Å². The van der Waals surface area contributed by atoms with Gasteiger partial charge in [-0.1, -0.05) is 0 Å². The van der Waals surface area contributed by atoms with E-state index in [1.807, 2.05) is 20.8 Å². The number of piperazine rings is 1. The molecule has 1 aromatic heterocycles. The molecule has 29 heavy (non-hydrogen) atoms. The van der Waals surface area contributed by atoms with Crippen LogP contribution in [0.3, 0.4) is 0 Å². The highest BCUT2D eigenvalue weighted by Gasteiger charge is 2.28. The van der Waals surface area contributed by atoms with E-state index < -0.39 is 10.5 Å². The summed E-state index contributed by atoms with van der Waals surface area (Å²) in [6, 6.07) is 3.24. The number of amides is 1. The molecule has 0 aromatic carbocycles. The highest BCUT2D eigenvalue weighted by molar-refractivity contribution is 5.68. The van der Waals surface area contributed by atoms with E-state index in [0.717, 1.165) is 51.3 Å². The van der Waals surface area contributed by atoms with Crippen molar-refractivity contribution in [2.75, 3.05) is 50.7 Å². The fourth-order valence-corrected chi connectivity index (χ4v) is 3.85. The Morgan fingerprint density at radius 3 is 2.34 bits per heavy atom. The molecule has 0 saturated carbocycles. The average Bonchev–Trinajstić information content (AvgIpc) is 2.68. The zero-order chi connectivity index (χ0) is 21.0. The molecular weight excluding hydrogens is 374 g/mol. The Labute approximate surface area is 171 Å². The van der Waals surface area contributed by atoms with Gasteiger partial charge in [-0.25, -0.2) is 4.79 Å². The van der Waals surface area contributed by atoms with E-state index in [4.69, 9.17) is 4.74 Å². The Morgan fingerprint density at radius 1 is 1.17 bits per heavy atom. The number of nitrogens with zero attached hydrogens (tertiary/aromatic N) is 5. The van der Waals surface area contributed by atoms with Gasteiger partial charge in [-0.3, -0.25) is 4.90 Å². The quantitative estimate of drug-likeness (QED) is 0.562. The van der Waals surface area contributed by atoms with Gasteiger partial charge in [0.05, 0.1) is 5.69 Å². The maximum atomic E-state index is 12.2. The molecule has 160 valence electrons. The minimum Gasteiger partial charge on any atom is -0.444 e. The Morgan fingerprint density at radius 2 is 1.83 bits per heavy atom. The number of pyridine rings is 1. The van der Waals surface area contributed by atoms with Crippen LogP contribution >= 0.6 is 0 Å². The summed E-state index contributed by atoms with van der Waals surface area (Å²) in [5.41, 5.74) is 0.488. The largest absolute Gasteiger partial charge is 0.444 e. The fraction of sp³-hybridized carbons (Fsp3) is 0.700. The number of ether oxygens (including phenoxy) is 1. The van der Waals surface area contributed by atoms with Crippen LogP contribution in [-0.2, 0) is 4.74 Å². The standard InChI is InChI=1S/C20H31N5O4/c1-20(2,3)29-19(26)24-12-10-22(11-13-24)15-16-6-8-23(9-7-16)17-4-5-18(21-14-17)25(27)28/h4-5,14,16H,6-13,15H2,1-3H3. The maximum Gasteiger partial charge on any atom is 0.410 e. The predicted octanol–water partition coefficient (Wildman–Crippen LogP) is 2.76. The van der Waals surface area contributed by atoms with Gasteiger partial charge in [-0.05, 0) is 55.5 Å². The molecule has 2 fully saturated rings. The van der Waals surface area contributed by atoms with Crippen molar-refractivity contribution in [2.24, 2.45) is 5.92 Å². The minimum atomic E-state index is -0.474. The first-order chi connectivity index (χ1) is 13.7. The number of rotatable bonds is 4. The van der Waals surface area contributed by atoms with Crippen LogP contribution < -0.4 is 4.90 Å². The second kappa shape index (κ2) is 8.94. The zero-order valence-electron chi connectivity index (χ0n) is 17.5. The summed E-state index contributed by atoms with van der Waals surface area (Å²) in [6.45, 7) is 11.8. The second-order valence-electron chi connectivity index (χ2n) is 8.83. The average molecular weight is 405 g/mol. The van der Waals surface area contributed by atoms with E-state index in [-0.39, 0.29) is 11.9 Å². The molecule has 0 atom stereocenters. The van der Waals surface area contributed by atoms with Gasteiger partial charge in [-0.15, -0.1) is 0 Å². The monoisotopic (exact) mass is 405 g/mol. The molecule has 1 aromatic rings. The number of aromatic nitrogens is 1. The Bertz CT molecular complexity index is 703. The highest BCUT2D eigenvalue weighted by Crippen LogP contribution is 2.25. The van der Waals surface area contributed by atoms with Crippen molar-refractivity contribution in [1.82, 2.24) is 14.8 Å². The van der Waals surface area contributed by atoms with E-state index in [0.29, 0.717) is 19.0 Å². The molecule has 0 unspecified atom stereocenters. The van der Waals surface area contributed by atoms with Gasteiger partial charge in [0, 0.05) is 51.9 Å². The topological polar surface area (TPSA) is 92.0 Å². The summed E-state index contributed by atoms with van der Waals surface area (Å²) in [5.74, 6) is 0.513. The molecule has 2 aliphatic heterocycles. The van der Waals surface area contributed by atoms with E-state index >= 15 is 0 Å². The highest BCUT2D eigenvalue weighted by atomic mass is 16.6. The van der Waals surface area contributed by atoms with Crippen LogP contribution in [0.2, 0.25) is 0 Å². The van der Waals surface area contributed by atoms with Crippen LogP contribution in [0.15, 0.2) is 18.3 Å². The number of carbonyl (C=O) groups excluding carboxylic acids is 1. The van der Waals surface area contributed by atoms with Crippen molar-refractivity contribution < 1.29 is 14.5 Å². The Kier molecular flexibility index (Phi) is 6.56. The van der Waals surface area contributed by atoms with Gasteiger partial charge in [0.15, 0.2) is 6.20 Å². The van der Waals surface area contributed by atoms with Crippen molar-refractivity contribution in [1.29, 1.82) is 0 Å². The summed E-state index contributed by atoms with van der Waals surface area (Å²) >= 11 is 0. The number of anilines is 1. The normalized spacial score (nSPS) is 19.3. The van der Waals surface area contributed by atoms with E-state index in [1.165, 1.54) is 6.07 Å². The molecular formula is C20H31N5O4. The van der Waals surface area contributed by atoms with Gasteiger partial charge >= 0.3 is 11.9 Å². The molecule has 9 nitrogen and oxygen atoms in total. The smallest absolute Gasteiger partial charge is 0.410 e. The Balaban J connectivity index is 1.40. The third kappa shape index (κ3) is 6.03. The van der Waals surface area contributed by atoms with Crippen molar-refractivity contribution in [3.05, 3.63) is 28.4 Å². The molecule has 3 heterocycles. The number of nitro groups is 1. The van der Waals surface area contributed by atoms with Crippen molar-refractivity contribution in [2.45, 2.75) is 39.2 Å². The molecule has 0 N–H and O–H groups in total. The molecule has 0 radical (unpaired) electrons. The van der Waals surface area contributed by atoms with Crippen LogP contribution in [0, 0.1) is 16.0 Å². The summed E-state index contributed by atoms with van der Waals surface area (Å²) in [4.78, 5) is 32.8. The second-order valence-corrected chi connectivity index (χ2v) is 8.83. The lowest BCUT2D eigenvalue weighted by molar-refractivity contribution is -0.389. The zero-order valence-corrected chi connectivity index (χ0v) is 17.5. The maximum absolute atomic E-state index is 12.2. The van der Waals surface area contributed by atoms with Crippen LogP contribution in [0.25, 0.3) is 0 Å². The first-order valence-corrected chi connectivity index (χ1v) is 10.3. The molecule has 2 aliphatic rings. The van der Waals surface area contributed by atoms with Gasteiger partial charge in [0.2, 0.25) is 0 Å². The first kappa shape index (κ1) is 21.3. The summed E-state index contributed by atoms with van der Waals surface area (Å²) in [5, 5.41) is 10.7. The van der Waals surface area contributed by atoms with Crippen LogP contribution in [-0.4, -0.2) is 77.2 Å². The van der Waals surface area contributed by atoms with Crippen molar-refractivity contribution >= 4 is 17.6 Å². The van der Waals surface area contributed by atoms with Crippen molar-refractivity contribution in [3.63, 3.8) is 0 Å². The van der Waals surface area contributed by atoms with Gasteiger partial charge in [-0.2, -0.15) is 0 Å². The van der Waals surface area contributed by atoms with E-state index in [2.05, 4.69) is 14.8 Å². The number of piperidine rings is 1. The fourth-order valence-electron chi connectivity index (χ4n) is 3.85. The molecule has 0 aliphatic carbocycles. The molecule has 3 rings (SSSR count). The number of carbonyl (C=O) groups is 1. The third-order valence-corrected chi connectivity index (χ3v) is 5.44. The summed E-state index contributed by atoms with van der Waals surface area (Å²) < 4.78 is 5.46. The molecule has 2 saturated heterocycles. The van der Waals surface area contributed by atoms with Crippen molar-refractivity contribution in [3.8, 4) is 0 Å². The number of hydrogen-bond acceptors (Lipinski definition) is 7. The van der Waals surface area contributed by atoms with E-state index in [9.17, 15) is 14.9 Å². The summed E-state index contributed by atoms with van der Waals surface area (Å²) in [6.07, 6.45) is 3.54. The van der Waals surface area contributed by atoms with E-state index in [1.54, 1.807) is 17.2 Å². The third-order valence-electron chi connectivity index (χ3n) is 5.44. The lowest BCUT2D eigenvalue weighted by atomic mass is 9.95. The van der Waals surface area contributed by atoms with Gasteiger partial charge in [0.25, 0.3) is 0 Å². The van der Waals surface area contributed by atoms with Crippen LogP contribution in [0.5, 0.6) is 0 Å². The predicted molar refractivity (Wildman–Crippen MR) is 110 cm³/mol. The molecule has 0 bridgehead atoms. The summed E-state index contributed by atoms with van der Waals surface area (Å²) in [7, 11) is 0. The SMILES string of the molecule is CC(C)(C)OC(=O)N1CCN(CC2CCN(c3ccc([N+](=O)[O-])nc3)CC2)CC1. The molecule has 9 heteroatoms. The molecule has 0 spiro atoms. The lowest BCUT2D eigenvalue weighted by Crippen LogP contribution is -2.51. The Hall–Kier alpha value is -2.42.